The zero-order valence-electron chi connectivity index (χ0n) is 22.0. The molecule has 0 fully saturated rings. The first-order valence-corrected chi connectivity index (χ1v) is 13.0. The van der Waals surface area contributed by atoms with Gasteiger partial charge in [-0.25, -0.2) is 23.4 Å². The molecule has 214 valence electrons. The number of pyridine rings is 1. The van der Waals surface area contributed by atoms with E-state index >= 15 is 0 Å². The van der Waals surface area contributed by atoms with Crippen molar-refractivity contribution in [2.24, 2.45) is 0 Å². The summed E-state index contributed by atoms with van der Waals surface area (Å²) < 4.78 is 37.4. The van der Waals surface area contributed by atoms with E-state index in [1.165, 1.54) is 55.6 Å². The van der Waals surface area contributed by atoms with Crippen LogP contribution in [0.5, 0.6) is 0 Å². The molecule has 2 N–H and O–H groups in total. The molecule has 2 aromatic carbocycles. The van der Waals surface area contributed by atoms with Gasteiger partial charge in [0, 0.05) is 31.6 Å². The first-order chi connectivity index (χ1) is 18.9. The van der Waals surface area contributed by atoms with Crippen LogP contribution in [-0.4, -0.2) is 59.5 Å². The fourth-order valence-corrected chi connectivity index (χ4v) is 4.45. The normalized spacial score (nSPS) is 13.2. The van der Waals surface area contributed by atoms with Crippen LogP contribution in [-0.2, 0) is 20.8 Å². The van der Waals surface area contributed by atoms with Crippen molar-refractivity contribution in [2.75, 3.05) is 26.1 Å². The number of benzene rings is 2. The lowest BCUT2D eigenvalue weighted by Crippen LogP contribution is -2.57. The van der Waals surface area contributed by atoms with E-state index in [2.05, 4.69) is 28.2 Å². The number of anilines is 1. The highest BCUT2D eigenvalue weighted by Crippen LogP contribution is 2.29. The average molecular weight is 595 g/mol. The molecule has 2 atom stereocenters. The Bertz CT molecular complexity index is 1400. The average Bonchev–Trinajstić information content (AvgIpc) is 2.94. The maximum absolute atomic E-state index is 13.8. The molecule has 3 rings (SSSR count). The number of thiol groups is 1. The largest absolute Gasteiger partial charge is 0.469 e. The van der Waals surface area contributed by atoms with E-state index in [0.717, 1.165) is 0 Å². The lowest BCUT2D eigenvalue weighted by atomic mass is 9.90. The van der Waals surface area contributed by atoms with Crippen LogP contribution in [0.1, 0.15) is 25.3 Å². The standard InChI is InChI=1S/C27H29ClF2N4O5S/c1-27(10-9-23(35)38-3,34(2)25(36)32-14-17-5-4-6-20(30)24(17)28)21(40)15-39-26(37)33-22-12-18-11-19(29)8-7-16(18)13-31-22/h4-8,11-13,21,40H,9-10,14-15H2,1-3H3,(H,32,36)(H,31,33,37)/t21?,27-/m1/s1. The molecule has 0 aliphatic heterocycles. The number of urea groups is 1. The fraction of sp³-hybridized carbons (Fsp3) is 0.333. The van der Waals surface area contributed by atoms with E-state index in [9.17, 15) is 23.2 Å². The molecule has 3 amide bonds. The van der Waals surface area contributed by atoms with Gasteiger partial charge in [0.1, 0.15) is 24.1 Å². The summed E-state index contributed by atoms with van der Waals surface area (Å²) in [5, 5.41) is 5.54. The predicted octanol–water partition coefficient (Wildman–Crippen LogP) is 5.57. The molecule has 1 aromatic heterocycles. The van der Waals surface area contributed by atoms with E-state index in [1.807, 2.05) is 0 Å². The van der Waals surface area contributed by atoms with E-state index in [-0.39, 0.29) is 36.8 Å². The molecule has 13 heteroatoms. The number of halogens is 3. The Morgan fingerprint density at radius 3 is 2.65 bits per heavy atom. The Morgan fingerprint density at radius 2 is 1.93 bits per heavy atom. The third-order valence-corrected chi connectivity index (χ3v) is 7.73. The van der Waals surface area contributed by atoms with Crippen molar-refractivity contribution in [3.8, 4) is 0 Å². The number of amides is 3. The van der Waals surface area contributed by atoms with Crippen LogP contribution in [0.3, 0.4) is 0 Å². The van der Waals surface area contributed by atoms with Gasteiger partial charge in [0.05, 0.1) is 22.9 Å². The van der Waals surface area contributed by atoms with Gasteiger partial charge in [0.15, 0.2) is 0 Å². The highest BCUT2D eigenvalue weighted by molar-refractivity contribution is 7.81. The van der Waals surface area contributed by atoms with E-state index in [1.54, 1.807) is 19.1 Å². The van der Waals surface area contributed by atoms with E-state index in [4.69, 9.17) is 21.1 Å². The molecule has 1 heterocycles. The number of hydrogen-bond acceptors (Lipinski definition) is 7. The van der Waals surface area contributed by atoms with Gasteiger partial charge >= 0.3 is 18.1 Å². The van der Waals surface area contributed by atoms with Crippen LogP contribution in [0.15, 0.2) is 48.7 Å². The molecular formula is C27H29ClF2N4O5S. The van der Waals surface area contributed by atoms with Crippen molar-refractivity contribution >= 4 is 58.9 Å². The van der Waals surface area contributed by atoms with Gasteiger partial charge in [-0.1, -0.05) is 23.7 Å². The van der Waals surface area contributed by atoms with Gasteiger partial charge in [-0.05, 0) is 54.6 Å². The Hall–Kier alpha value is -3.64. The number of esters is 1. The lowest BCUT2D eigenvalue weighted by molar-refractivity contribution is -0.141. The Kier molecular flexibility index (Phi) is 10.5. The topological polar surface area (TPSA) is 110 Å². The molecular weight excluding hydrogens is 566 g/mol. The molecule has 0 radical (unpaired) electrons. The number of fused-ring (bicyclic) bond motifs is 1. The van der Waals surface area contributed by atoms with E-state index in [0.29, 0.717) is 16.3 Å². The van der Waals surface area contributed by atoms with Crippen LogP contribution < -0.4 is 10.6 Å². The quantitative estimate of drug-likeness (QED) is 0.209. The number of nitrogens with one attached hydrogen (secondary N) is 2. The number of carbonyl (C=O) groups excluding carboxylic acids is 3. The number of aromatic nitrogens is 1. The van der Waals surface area contributed by atoms with Crippen LogP contribution >= 0.6 is 24.2 Å². The van der Waals surface area contributed by atoms with Crippen molar-refractivity contribution in [3.63, 3.8) is 0 Å². The first kappa shape index (κ1) is 30.9. The molecule has 0 aliphatic carbocycles. The zero-order valence-corrected chi connectivity index (χ0v) is 23.7. The van der Waals surface area contributed by atoms with Crippen LogP contribution in [0.2, 0.25) is 5.02 Å². The van der Waals surface area contributed by atoms with Crippen molar-refractivity contribution < 1.29 is 32.6 Å². The maximum atomic E-state index is 13.8. The van der Waals surface area contributed by atoms with Gasteiger partial charge in [-0.15, -0.1) is 0 Å². The minimum absolute atomic E-state index is 0.0405. The van der Waals surface area contributed by atoms with Gasteiger partial charge in [0.2, 0.25) is 0 Å². The van der Waals surface area contributed by atoms with Crippen molar-refractivity contribution in [2.45, 2.75) is 37.1 Å². The number of hydrogen-bond donors (Lipinski definition) is 3. The second kappa shape index (κ2) is 13.6. The number of methoxy groups -OCH3 is 1. The lowest BCUT2D eigenvalue weighted by Gasteiger charge is -2.42. The molecule has 0 saturated carbocycles. The molecule has 1 unspecified atom stereocenters. The summed E-state index contributed by atoms with van der Waals surface area (Å²) in [6.45, 7) is 1.39. The molecule has 0 spiro atoms. The van der Waals surface area contributed by atoms with Crippen molar-refractivity contribution in [1.29, 1.82) is 0 Å². The SMILES string of the molecule is COC(=O)CC[C@](C)(C(S)COC(=O)Nc1cc2cc(F)ccc2cn1)N(C)C(=O)NCc1cccc(F)c1Cl. The smallest absolute Gasteiger partial charge is 0.412 e. The summed E-state index contributed by atoms with van der Waals surface area (Å²) in [5.74, 6) is -1.38. The van der Waals surface area contributed by atoms with Gasteiger partial charge in [-0.3, -0.25) is 10.1 Å². The summed E-state index contributed by atoms with van der Waals surface area (Å²) in [6, 6.07) is 9.41. The third-order valence-electron chi connectivity index (χ3n) is 6.60. The molecule has 3 aromatic rings. The predicted molar refractivity (Wildman–Crippen MR) is 151 cm³/mol. The summed E-state index contributed by atoms with van der Waals surface area (Å²) in [5.41, 5.74) is -0.723. The summed E-state index contributed by atoms with van der Waals surface area (Å²) in [6.07, 6.45) is 0.730. The Labute approximate surface area is 240 Å². The highest BCUT2D eigenvalue weighted by atomic mass is 35.5. The summed E-state index contributed by atoms with van der Waals surface area (Å²) >= 11 is 10.6. The minimum atomic E-state index is -1.11. The number of carbonyl (C=O) groups is 3. The fourth-order valence-electron chi connectivity index (χ4n) is 3.88. The highest BCUT2D eigenvalue weighted by Gasteiger charge is 2.40. The number of rotatable bonds is 10. The van der Waals surface area contributed by atoms with Crippen LogP contribution in [0, 0.1) is 11.6 Å². The number of nitrogens with zero attached hydrogens (tertiary/aromatic N) is 2. The van der Waals surface area contributed by atoms with Crippen molar-refractivity contribution in [3.05, 3.63) is 70.9 Å². The van der Waals surface area contributed by atoms with E-state index < -0.39 is 40.5 Å². The molecule has 0 bridgehead atoms. The van der Waals surface area contributed by atoms with Crippen LogP contribution in [0.4, 0.5) is 24.2 Å². The van der Waals surface area contributed by atoms with Gasteiger partial charge in [-0.2, -0.15) is 12.6 Å². The summed E-state index contributed by atoms with van der Waals surface area (Å²) in [4.78, 5) is 42.9. The van der Waals surface area contributed by atoms with Crippen molar-refractivity contribution in [1.82, 2.24) is 15.2 Å². The molecule has 0 saturated heterocycles. The van der Waals surface area contributed by atoms with Crippen LogP contribution in [0.25, 0.3) is 10.8 Å². The summed E-state index contributed by atoms with van der Waals surface area (Å²) in [7, 11) is 2.75. The number of ether oxygens (including phenoxy) is 2. The molecule has 40 heavy (non-hydrogen) atoms. The Balaban J connectivity index is 1.67. The molecule has 9 nitrogen and oxygen atoms in total. The zero-order chi connectivity index (χ0) is 29.4. The second-order valence-electron chi connectivity index (χ2n) is 9.16. The molecule has 0 aliphatic rings. The van der Waals surface area contributed by atoms with Gasteiger partial charge in [0.25, 0.3) is 0 Å². The Morgan fingerprint density at radius 1 is 1.18 bits per heavy atom. The minimum Gasteiger partial charge on any atom is -0.469 e. The monoisotopic (exact) mass is 594 g/mol. The van der Waals surface area contributed by atoms with Gasteiger partial charge < -0.3 is 19.7 Å². The second-order valence-corrected chi connectivity index (χ2v) is 10.2. The maximum Gasteiger partial charge on any atom is 0.412 e. The first-order valence-electron chi connectivity index (χ1n) is 12.1. The third kappa shape index (κ3) is 7.72.